The second-order valence-electron chi connectivity index (χ2n) is 6.24. The summed E-state index contributed by atoms with van der Waals surface area (Å²) in [6, 6.07) is 15.7. The van der Waals surface area contributed by atoms with Crippen LogP contribution in [-0.2, 0) is 14.6 Å². The van der Waals surface area contributed by atoms with Gasteiger partial charge in [-0.25, -0.2) is 8.42 Å². The van der Waals surface area contributed by atoms with Crippen LogP contribution in [0.2, 0.25) is 5.02 Å². The first-order valence-electron chi connectivity index (χ1n) is 8.10. The van der Waals surface area contributed by atoms with E-state index in [1.807, 2.05) is 31.2 Å². The Kier molecular flexibility index (Phi) is 5.45. The van der Waals surface area contributed by atoms with Gasteiger partial charge in [-0.15, -0.1) is 0 Å². The van der Waals surface area contributed by atoms with Crippen LogP contribution in [-0.4, -0.2) is 26.9 Å². The zero-order chi connectivity index (χ0) is 18.9. The molecule has 4 nitrogen and oxygen atoms in total. The molecule has 1 fully saturated rings. The Morgan fingerprint density at radius 2 is 1.81 bits per heavy atom. The Bertz CT molecular complexity index is 938. The Balaban J connectivity index is 2.05. The fourth-order valence-corrected chi connectivity index (χ4v) is 6.08. The van der Waals surface area contributed by atoms with E-state index < -0.39 is 26.4 Å². The van der Waals surface area contributed by atoms with E-state index in [-0.39, 0.29) is 11.5 Å². The first-order valence-corrected chi connectivity index (χ1v) is 10.8. The molecule has 26 heavy (non-hydrogen) atoms. The number of hydrogen-bond acceptors (Lipinski definition) is 4. The fraction of sp³-hybridized carbons (Fsp3) is 0.316. The standard InChI is InChI=1S/C19H17BrClNO3S/c1-2-25-12-19(11-22)17(13-3-5-14(20)6-4-13)18(19)26(23,24)16-9-7-15(21)8-10-16/h3-10,17-18H,2,12H2,1H3/t17-,18-,19-/m1/s1. The van der Waals surface area contributed by atoms with E-state index in [2.05, 4.69) is 22.0 Å². The summed E-state index contributed by atoms with van der Waals surface area (Å²) >= 11 is 9.26. The van der Waals surface area contributed by atoms with Crippen molar-refractivity contribution in [1.82, 2.24) is 0 Å². The largest absolute Gasteiger partial charge is 0.380 e. The molecule has 1 saturated carbocycles. The van der Waals surface area contributed by atoms with Gasteiger partial charge in [0.2, 0.25) is 0 Å². The number of benzene rings is 2. The molecule has 0 bridgehead atoms. The van der Waals surface area contributed by atoms with Crippen LogP contribution in [0.5, 0.6) is 0 Å². The molecule has 0 aliphatic heterocycles. The van der Waals surface area contributed by atoms with Crippen molar-refractivity contribution in [2.24, 2.45) is 5.41 Å². The van der Waals surface area contributed by atoms with Gasteiger partial charge in [-0.2, -0.15) is 5.26 Å². The fourth-order valence-electron chi connectivity index (χ4n) is 3.38. The van der Waals surface area contributed by atoms with Crippen molar-refractivity contribution in [2.75, 3.05) is 13.2 Å². The van der Waals surface area contributed by atoms with Crippen molar-refractivity contribution in [2.45, 2.75) is 23.0 Å². The van der Waals surface area contributed by atoms with E-state index in [1.54, 1.807) is 12.1 Å². The Morgan fingerprint density at radius 3 is 2.35 bits per heavy atom. The van der Waals surface area contributed by atoms with Gasteiger partial charge in [-0.1, -0.05) is 39.7 Å². The van der Waals surface area contributed by atoms with Gasteiger partial charge in [0.25, 0.3) is 0 Å². The minimum atomic E-state index is -3.71. The highest BCUT2D eigenvalue weighted by molar-refractivity contribution is 9.10. The number of ether oxygens (including phenoxy) is 1. The average molecular weight is 455 g/mol. The minimum Gasteiger partial charge on any atom is -0.380 e. The smallest absolute Gasteiger partial charge is 0.183 e. The van der Waals surface area contributed by atoms with Gasteiger partial charge in [0.1, 0.15) is 5.41 Å². The molecule has 2 aromatic carbocycles. The van der Waals surface area contributed by atoms with Gasteiger partial charge < -0.3 is 4.74 Å². The molecule has 0 spiro atoms. The summed E-state index contributed by atoms with van der Waals surface area (Å²) in [4.78, 5) is 0.169. The van der Waals surface area contributed by atoms with E-state index in [1.165, 1.54) is 12.1 Å². The topological polar surface area (TPSA) is 67.2 Å². The number of nitriles is 1. The van der Waals surface area contributed by atoms with E-state index in [0.29, 0.717) is 11.6 Å². The lowest BCUT2D eigenvalue weighted by atomic mass is 10.0. The number of halogens is 2. The second-order valence-corrected chi connectivity index (χ2v) is 9.66. The molecule has 1 aliphatic carbocycles. The van der Waals surface area contributed by atoms with Gasteiger partial charge in [-0.05, 0) is 48.9 Å². The molecule has 0 N–H and O–H groups in total. The molecule has 2 aromatic rings. The predicted octanol–water partition coefficient (Wildman–Crippen LogP) is 4.59. The Labute approximate surface area is 166 Å². The molecule has 136 valence electrons. The molecule has 0 aromatic heterocycles. The maximum atomic E-state index is 13.2. The lowest BCUT2D eigenvalue weighted by Gasteiger charge is -2.10. The molecular formula is C19H17BrClNO3S. The summed E-state index contributed by atoms with van der Waals surface area (Å²) < 4.78 is 32.9. The number of sulfone groups is 1. The van der Waals surface area contributed by atoms with Crippen LogP contribution in [0.15, 0.2) is 57.9 Å². The summed E-state index contributed by atoms with van der Waals surface area (Å²) in [5, 5.41) is 9.48. The predicted molar refractivity (Wildman–Crippen MR) is 104 cm³/mol. The van der Waals surface area contributed by atoms with Crippen molar-refractivity contribution >= 4 is 37.4 Å². The van der Waals surface area contributed by atoms with Crippen LogP contribution in [0, 0.1) is 16.7 Å². The monoisotopic (exact) mass is 453 g/mol. The van der Waals surface area contributed by atoms with E-state index in [4.69, 9.17) is 16.3 Å². The molecule has 0 saturated heterocycles. The van der Waals surface area contributed by atoms with Crippen molar-refractivity contribution in [3.8, 4) is 6.07 Å². The van der Waals surface area contributed by atoms with Crippen LogP contribution < -0.4 is 0 Å². The zero-order valence-corrected chi connectivity index (χ0v) is 17.2. The molecule has 0 unspecified atom stereocenters. The Hall–Kier alpha value is -1.39. The molecule has 0 heterocycles. The first-order chi connectivity index (χ1) is 12.4. The van der Waals surface area contributed by atoms with Crippen LogP contribution >= 0.6 is 27.5 Å². The van der Waals surface area contributed by atoms with E-state index in [0.717, 1.165) is 10.0 Å². The number of nitrogens with zero attached hydrogens (tertiary/aromatic N) is 1. The lowest BCUT2D eigenvalue weighted by molar-refractivity contribution is 0.117. The minimum absolute atomic E-state index is 0.0816. The van der Waals surface area contributed by atoms with Crippen molar-refractivity contribution in [3.05, 3.63) is 63.6 Å². The van der Waals surface area contributed by atoms with Gasteiger partial charge >= 0.3 is 0 Å². The van der Waals surface area contributed by atoms with Gasteiger partial charge in [0, 0.05) is 22.0 Å². The normalized spacial score (nSPS) is 24.8. The highest BCUT2D eigenvalue weighted by atomic mass is 79.9. The molecule has 7 heteroatoms. The third-order valence-corrected chi connectivity index (χ3v) is 7.79. The molecule has 1 aliphatic rings. The molecule has 3 rings (SSSR count). The van der Waals surface area contributed by atoms with Crippen molar-refractivity contribution < 1.29 is 13.2 Å². The van der Waals surface area contributed by atoms with E-state index in [9.17, 15) is 13.7 Å². The van der Waals surface area contributed by atoms with Crippen LogP contribution in [0.1, 0.15) is 18.4 Å². The summed E-state index contributed by atoms with van der Waals surface area (Å²) in [6.45, 7) is 2.33. The second kappa shape index (κ2) is 7.32. The highest BCUT2D eigenvalue weighted by Crippen LogP contribution is 2.64. The quantitative estimate of drug-likeness (QED) is 0.640. The third-order valence-electron chi connectivity index (χ3n) is 4.72. The SMILES string of the molecule is CCOC[C@]1(C#N)[C@H](c2ccc(Br)cc2)[C@H]1S(=O)(=O)c1ccc(Cl)cc1. The molecule has 0 amide bonds. The van der Waals surface area contributed by atoms with Crippen molar-refractivity contribution in [1.29, 1.82) is 5.26 Å². The molecule has 0 radical (unpaired) electrons. The molecular weight excluding hydrogens is 438 g/mol. The number of rotatable bonds is 6. The maximum absolute atomic E-state index is 13.2. The van der Waals surface area contributed by atoms with Crippen LogP contribution in [0.3, 0.4) is 0 Å². The molecule has 3 atom stereocenters. The zero-order valence-electron chi connectivity index (χ0n) is 14.0. The summed E-state index contributed by atoms with van der Waals surface area (Å²) in [5.74, 6) is -0.437. The van der Waals surface area contributed by atoms with Gasteiger partial charge in [0.15, 0.2) is 9.84 Å². The average Bonchev–Trinajstić information content (AvgIpc) is 3.31. The summed E-state index contributed by atoms with van der Waals surface area (Å²) in [6.07, 6.45) is 0. The summed E-state index contributed by atoms with van der Waals surface area (Å²) in [7, 11) is -3.71. The maximum Gasteiger partial charge on any atom is 0.183 e. The van der Waals surface area contributed by atoms with E-state index >= 15 is 0 Å². The van der Waals surface area contributed by atoms with Crippen molar-refractivity contribution in [3.63, 3.8) is 0 Å². The van der Waals surface area contributed by atoms with Gasteiger partial charge in [0.05, 0.1) is 22.8 Å². The van der Waals surface area contributed by atoms with Gasteiger partial charge in [-0.3, -0.25) is 0 Å². The third kappa shape index (κ3) is 3.29. The lowest BCUT2D eigenvalue weighted by Crippen LogP contribution is -2.19. The van der Waals surface area contributed by atoms with Crippen LogP contribution in [0.4, 0.5) is 0 Å². The number of hydrogen-bond donors (Lipinski definition) is 0. The Morgan fingerprint density at radius 1 is 1.19 bits per heavy atom. The highest BCUT2D eigenvalue weighted by Gasteiger charge is 2.72. The first kappa shape index (κ1) is 19.4. The summed E-state index contributed by atoms with van der Waals surface area (Å²) in [5.41, 5.74) is -0.278. The van der Waals surface area contributed by atoms with Crippen LogP contribution in [0.25, 0.3) is 0 Å².